The fraction of sp³-hybridized carbons (Fsp3) is 0.471. The number of hydrogen-bond acceptors (Lipinski definition) is 4. The predicted molar refractivity (Wildman–Crippen MR) is 84.3 cm³/mol. The molecular weight excluding hydrogens is 264 g/mol. The molecule has 0 N–H and O–H groups in total. The van der Waals surface area contributed by atoms with Crippen molar-refractivity contribution in [2.45, 2.75) is 13.3 Å². The lowest BCUT2D eigenvalue weighted by molar-refractivity contribution is -0.141. The van der Waals surface area contributed by atoms with Gasteiger partial charge < -0.3 is 14.5 Å². The summed E-state index contributed by atoms with van der Waals surface area (Å²) in [5.41, 5.74) is 2.16. The molecule has 0 aliphatic carbocycles. The maximum atomic E-state index is 11.2. The second-order valence-electron chi connectivity index (χ2n) is 5.12. The van der Waals surface area contributed by atoms with Gasteiger partial charge in [0.15, 0.2) is 0 Å². The number of nitrogens with zero attached hydrogens (tertiary/aromatic N) is 2. The van der Waals surface area contributed by atoms with Crippen molar-refractivity contribution in [2.75, 3.05) is 44.7 Å². The first-order valence-corrected chi connectivity index (χ1v) is 7.37. The second-order valence-corrected chi connectivity index (χ2v) is 5.12. The maximum absolute atomic E-state index is 11.2. The molecular formula is C17H22N2O2. The van der Waals surface area contributed by atoms with Crippen molar-refractivity contribution in [3.05, 3.63) is 29.8 Å². The van der Waals surface area contributed by atoms with Gasteiger partial charge in [-0.05, 0) is 38.2 Å². The highest BCUT2D eigenvalue weighted by Gasteiger charge is 2.13. The van der Waals surface area contributed by atoms with Gasteiger partial charge in [0, 0.05) is 37.4 Å². The average molecular weight is 286 g/mol. The summed E-state index contributed by atoms with van der Waals surface area (Å²) in [6, 6.07) is 8.21. The maximum Gasteiger partial charge on any atom is 0.317 e. The van der Waals surface area contributed by atoms with E-state index in [9.17, 15) is 4.79 Å². The summed E-state index contributed by atoms with van der Waals surface area (Å²) in [5.74, 6) is 5.58. The Hall–Kier alpha value is -1.99. The summed E-state index contributed by atoms with van der Waals surface area (Å²) < 4.78 is 4.83. The van der Waals surface area contributed by atoms with E-state index < -0.39 is 0 Å². The van der Waals surface area contributed by atoms with Crippen molar-refractivity contribution in [1.29, 1.82) is 0 Å². The molecule has 1 fully saturated rings. The van der Waals surface area contributed by atoms with E-state index in [0.29, 0.717) is 6.61 Å². The molecule has 1 aromatic carbocycles. The van der Waals surface area contributed by atoms with Gasteiger partial charge in [-0.1, -0.05) is 11.8 Å². The number of benzene rings is 1. The van der Waals surface area contributed by atoms with Crippen LogP contribution >= 0.6 is 0 Å². The Morgan fingerprint density at radius 3 is 2.48 bits per heavy atom. The van der Waals surface area contributed by atoms with Crippen LogP contribution in [0, 0.1) is 11.8 Å². The third-order valence-corrected chi connectivity index (χ3v) is 3.51. The quantitative estimate of drug-likeness (QED) is 0.626. The van der Waals surface area contributed by atoms with Crippen LogP contribution in [0.2, 0.25) is 0 Å². The summed E-state index contributed by atoms with van der Waals surface area (Å²) >= 11 is 0. The van der Waals surface area contributed by atoms with Gasteiger partial charge in [-0.25, -0.2) is 0 Å². The molecule has 0 bridgehead atoms. The molecule has 0 aromatic heterocycles. The van der Waals surface area contributed by atoms with Crippen LogP contribution in [0.1, 0.15) is 18.9 Å². The van der Waals surface area contributed by atoms with Crippen molar-refractivity contribution in [3.63, 3.8) is 0 Å². The molecule has 0 unspecified atom stereocenters. The molecule has 0 spiro atoms. The van der Waals surface area contributed by atoms with Crippen molar-refractivity contribution in [2.24, 2.45) is 0 Å². The molecule has 0 atom stereocenters. The normalized spacial score (nSPS) is 15.2. The second kappa shape index (κ2) is 7.70. The Kier molecular flexibility index (Phi) is 5.65. The van der Waals surface area contributed by atoms with Crippen molar-refractivity contribution < 1.29 is 9.53 Å². The number of carbonyl (C=O) groups is 1. The Morgan fingerprint density at radius 2 is 1.86 bits per heavy atom. The van der Waals surface area contributed by atoms with Crippen LogP contribution in [-0.2, 0) is 9.53 Å². The molecule has 21 heavy (non-hydrogen) atoms. The van der Waals surface area contributed by atoms with E-state index in [1.807, 2.05) is 12.1 Å². The molecule has 0 radical (unpaired) electrons. The number of carbonyl (C=O) groups excluding carboxylic acids is 1. The number of esters is 1. The highest BCUT2D eigenvalue weighted by molar-refractivity contribution is 5.72. The lowest BCUT2D eigenvalue weighted by Gasteiger charge is -2.34. The summed E-state index contributed by atoms with van der Waals surface area (Å²) in [6.07, 6.45) is 0.147. The van der Waals surface area contributed by atoms with Gasteiger partial charge in [-0.2, -0.15) is 0 Å². The number of anilines is 1. The molecule has 1 saturated heterocycles. The van der Waals surface area contributed by atoms with E-state index in [1.165, 1.54) is 5.69 Å². The van der Waals surface area contributed by atoms with Gasteiger partial charge in [-0.3, -0.25) is 4.79 Å². The van der Waals surface area contributed by atoms with Crippen LogP contribution in [0.4, 0.5) is 5.69 Å². The standard InChI is InChI=1S/C17H22N2O2/c1-3-21-17(20)6-4-5-15-7-9-16(10-8-15)19-13-11-18(2)12-14-19/h7-10H,3,6,11-14H2,1-2H3. The Bertz CT molecular complexity index is 520. The number of ether oxygens (including phenoxy) is 1. The minimum absolute atomic E-state index is 0.147. The van der Waals surface area contributed by atoms with Gasteiger partial charge in [0.25, 0.3) is 0 Å². The zero-order valence-electron chi connectivity index (χ0n) is 12.8. The Morgan fingerprint density at radius 1 is 1.19 bits per heavy atom. The fourth-order valence-corrected chi connectivity index (χ4v) is 2.25. The number of hydrogen-bond donors (Lipinski definition) is 0. The first-order valence-electron chi connectivity index (χ1n) is 7.37. The van der Waals surface area contributed by atoms with Gasteiger partial charge in [-0.15, -0.1) is 0 Å². The monoisotopic (exact) mass is 286 g/mol. The molecule has 1 aliphatic rings. The summed E-state index contributed by atoms with van der Waals surface area (Å²) in [4.78, 5) is 15.9. The van der Waals surface area contributed by atoms with E-state index in [0.717, 1.165) is 31.7 Å². The summed E-state index contributed by atoms with van der Waals surface area (Å²) in [5, 5.41) is 0. The molecule has 4 nitrogen and oxygen atoms in total. The molecule has 2 rings (SSSR count). The van der Waals surface area contributed by atoms with Gasteiger partial charge in [0.2, 0.25) is 0 Å². The topological polar surface area (TPSA) is 32.8 Å². The number of rotatable bonds is 3. The van der Waals surface area contributed by atoms with Crippen LogP contribution in [0.3, 0.4) is 0 Å². The lowest BCUT2D eigenvalue weighted by Crippen LogP contribution is -2.44. The zero-order valence-corrected chi connectivity index (χ0v) is 12.8. The highest BCUT2D eigenvalue weighted by atomic mass is 16.5. The average Bonchev–Trinajstić information content (AvgIpc) is 2.49. The van der Waals surface area contributed by atoms with E-state index >= 15 is 0 Å². The zero-order chi connectivity index (χ0) is 15.1. The molecule has 1 heterocycles. The van der Waals surface area contributed by atoms with E-state index in [1.54, 1.807) is 6.92 Å². The summed E-state index contributed by atoms with van der Waals surface area (Å²) in [6.45, 7) is 6.51. The highest BCUT2D eigenvalue weighted by Crippen LogP contribution is 2.16. The van der Waals surface area contributed by atoms with E-state index in [-0.39, 0.29) is 12.4 Å². The largest absolute Gasteiger partial charge is 0.465 e. The van der Waals surface area contributed by atoms with Crippen LogP contribution in [0.25, 0.3) is 0 Å². The molecule has 0 saturated carbocycles. The van der Waals surface area contributed by atoms with Crippen LogP contribution in [0.5, 0.6) is 0 Å². The van der Waals surface area contributed by atoms with Crippen molar-refractivity contribution in [1.82, 2.24) is 4.90 Å². The third-order valence-electron chi connectivity index (χ3n) is 3.51. The SMILES string of the molecule is CCOC(=O)CC#Cc1ccc(N2CCN(C)CC2)cc1. The smallest absolute Gasteiger partial charge is 0.317 e. The fourth-order valence-electron chi connectivity index (χ4n) is 2.25. The van der Waals surface area contributed by atoms with Crippen LogP contribution in [-0.4, -0.2) is 50.7 Å². The molecule has 1 aromatic rings. The van der Waals surface area contributed by atoms with Gasteiger partial charge >= 0.3 is 5.97 Å². The van der Waals surface area contributed by atoms with Gasteiger partial charge in [0.05, 0.1) is 6.61 Å². The lowest BCUT2D eigenvalue weighted by atomic mass is 10.2. The van der Waals surface area contributed by atoms with Gasteiger partial charge in [0.1, 0.15) is 6.42 Å². The molecule has 4 heteroatoms. The Labute approximate surface area is 126 Å². The van der Waals surface area contributed by atoms with E-state index in [2.05, 4.69) is 40.8 Å². The molecule has 112 valence electrons. The summed E-state index contributed by atoms with van der Waals surface area (Å²) in [7, 11) is 2.15. The Balaban J connectivity index is 1.90. The first kappa shape index (κ1) is 15.4. The third kappa shape index (κ3) is 4.80. The van der Waals surface area contributed by atoms with Crippen molar-refractivity contribution in [3.8, 4) is 11.8 Å². The van der Waals surface area contributed by atoms with E-state index in [4.69, 9.17) is 4.74 Å². The number of piperazine rings is 1. The number of likely N-dealkylation sites (N-methyl/N-ethyl adjacent to an activating group) is 1. The first-order chi connectivity index (χ1) is 10.2. The van der Waals surface area contributed by atoms with Crippen LogP contribution < -0.4 is 4.90 Å². The minimum atomic E-state index is -0.265. The van der Waals surface area contributed by atoms with Crippen LogP contribution in [0.15, 0.2) is 24.3 Å². The van der Waals surface area contributed by atoms with Crippen molar-refractivity contribution >= 4 is 11.7 Å². The minimum Gasteiger partial charge on any atom is -0.465 e. The predicted octanol–water partition coefficient (Wildman–Crippen LogP) is 1.74. The molecule has 0 amide bonds. The molecule has 1 aliphatic heterocycles.